The minimum absolute atomic E-state index is 0.0179. The fraction of sp³-hybridized carbons (Fsp3) is 0.464. The van der Waals surface area contributed by atoms with Gasteiger partial charge in [0.25, 0.3) is 0 Å². The van der Waals surface area contributed by atoms with Gasteiger partial charge in [-0.25, -0.2) is 0 Å². The number of hydrogen-bond donors (Lipinski definition) is 5. The Kier molecular flexibility index (Phi) is 13.6. The normalized spacial score (nSPS) is 14.0. The molecule has 2 rings (SSSR count). The van der Waals surface area contributed by atoms with Gasteiger partial charge in [0.15, 0.2) is 5.78 Å². The number of benzene rings is 2. The zero-order chi connectivity index (χ0) is 33.1. The molecule has 44 heavy (non-hydrogen) atoms. The Morgan fingerprint density at radius 1 is 0.886 bits per heavy atom. The summed E-state index contributed by atoms with van der Waals surface area (Å²) in [4.78, 5) is 40.0. The number of Topliss-reactive ketones (excluding diaryl/α,β-unsaturated/α-hetero) is 1. The van der Waals surface area contributed by atoms with Crippen LogP contribution in [0.2, 0.25) is 0 Å². The van der Waals surface area contributed by atoms with Crippen molar-refractivity contribution in [3.8, 4) is 5.75 Å². The summed E-state index contributed by atoms with van der Waals surface area (Å²) in [5, 5.41) is 13.3. The number of ketones is 1. The number of halogens is 6. The van der Waals surface area contributed by atoms with Crippen molar-refractivity contribution in [3.63, 3.8) is 0 Å². The Hall–Kier alpha value is -3.73. The number of ether oxygens (including phenoxy) is 1. The van der Waals surface area contributed by atoms with Crippen LogP contribution in [-0.4, -0.2) is 72.2 Å². The standard InChI is InChI=1S/C28H35F6N5O5/c29-27(30,31)19-6-4-18(5-7-19)25(42)24(22(40)11-3-17-1-8-20(9-2-17)44-28(32,33)34)38-26(43)21(37)10-12-23(41)39(15-13-35)16-14-36/h1-2,4-9,21,24-25,42H,3,10-16,35-37H2,(H,38,43)/t21-,24+,25+/m0/s1. The van der Waals surface area contributed by atoms with Gasteiger partial charge in [0.2, 0.25) is 11.8 Å². The van der Waals surface area contributed by atoms with Crippen LogP contribution in [-0.2, 0) is 27.0 Å². The van der Waals surface area contributed by atoms with E-state index in [-0.39, 0.29) is 63.3 Å². The van der Waals surface area contributed by atoms with Gasteiger partial charge in [-0.05, 0) is 48.2 Å². The molecule has 0 aliphatic rings. The van der Waals surface area contributed by atoms with Crippen LogP contribution < -0.4 is 27.3 Å². The van der Waals surface area contributed by atoms with Gasteiger partial charge in [-0.3, -0.25) is 14.4 Å². The van der Waals surface area contributed by atoms with Gasteiger partial charge in [0.1, 0.15) is 17.9 Å². The number of nitrogens with one attached hydrogen (secondary N) is 1. The summed E-state index contributed by atoms with van der Waals surface area (Å²) in [7, 11) is 0. The minimum atomic E-state index is -4.89. The molecule has 0 spiro atoms. The summed E-state index contributed by atoms with van der Waals surface area (Å²) >= 11 is 0. The first-order chi connectivity index (χ1) is 20.6. The number of amides is 2. The smallest absolute Gasteiger partial charge is 0.406 e. The third-order valence-corrected chi connectivity index (χ3v) is 6.51. The molecule has 2 aromatic carbocycles. The molecule has 0 unspecified atom stereocenters. The number of aliphatic hydroxyl groups excluding tert-OH is 1. The first kappa shape index (κ1) is 36.5. The molecule has 2 amide bonds. The van der Waals surface area contributed by atoms with Gasteiger partial charge in [-0.15, -0.1) is 13.2 Å². The zero-order valence-electron chi connectivity index (χ0n) is 23.5. The van der Waals surface area contributed by atoms with E-state index in [1.54, 1.807) is 0 Å². The van der Waals surface area contributed by atoms with Gasteiger partial charge in [0.05, 0.1) is 11.6 Å². The van der Waals surface area contributed by atoms with Crippen LogP contribution >= 0.6 is 0 Å². The van der Waals surface area contributed by atoms with Crippen molar-refractivity contribution in [2.24, 2.45) is 17.2 Å². The number of nitrogens with zero attached hydrogens (tertiary/aromatic N) is 1. The van der Waals surface area contributed by atoms with Crippen molar-refractivity contribution >= 4 is 17.6 Å². The molecule has 0 heterocycles. The maximum absolute atomic E-state index is 13.2. The second kappa shape index (κ2) is 16.4. The van der Waals surface area contributed by atoms with Crippen molar-refractivity contribution in [1.29, 1.82) is 0 Å². The molecule has 0 fully saturated rings. The van der Waals surface area contributed by atoms with Gasteiger partial charge < -0.3 is 37.3 Å². The average Bonchev–Trinajstić information content (AvgIpc) is 2.96. The first-order valence-corrected chi connectivity index (χ1v) is 13.5. The number of rotatable bonds is 16. The topological polar surface area (TPSA) is 174 Å². The van der Waals surface area contributed by atoms with E-state index in [2.05, 4.69) is 10.1 Å². The largest absolute Gasteiger partial charge is 0.573 e. The van der Waals surface area contributed by atoms with E-state index >= 15 is 0 Å². The predicted molar refractivity (Wildman–Crippen MR) is 147 cm³/mol. The molecule has 16 heteroatoms. The van der Waals surface area contributed by atoms with Crippen molar-refractivity contribution in [2.75, 3.05) is 26.2 Å². The molecule has 0 bridgehead atoms. The predicted octanol–water partition coefficient (Wildman–Crippen LogP) is 2.18. The lowest BCUT2D eigenvalue weighted by Gasteiger charge is -2.26. The summed E-state index contributed by atoms with van der Waals surface area (Å²) < 4.78 is 80.1. The Labute approximate surface area is 249 Å². The fourth-order valence-electron chi connectivity index (χ4n) is 4.18. The Bertz CT molecular complexity index is 1220. The number of carbonyl (C=O) groups excluding carboxylic acids is 3. The highest BCUT2D eigenvalue weighted by molar-refractivity contribution is 5.91. The van der Waals surface area contributed by atoms with Crippen LogP contribution in [0.1, 0.15) is 42.1 Å². The molecule has 244 valence electrons. The van der Waals surface area contributed by atoms with Crippen molar-refractivity contribution in [3.05, 3.63) is 65.2 Å². The van der Waals surface area contributed by atoms with Crippen LogP contribution in [0.15, 0.2) is 48.5 Å². The molecule has 2 aromatic rings. The number of nitrogens with two attached hydrogens (primary N) is 3. The Balaban J connectivity index is 2.17. The summed E-state index contributed by atoms with van der Waals surface area (Å²) in [6.07, 6.45) is -11.9. The molecule has 0 saturated carbocycles. The zero-order valence-corrected chi connectivity index (χ0v) is 23.5. The summed E-state index contributed by atoms with van der Waals surface area (Å²) in [6.45, 7) is 0.863. The molecule has 0 radical (unpaired) electrons. The highest BCUT2D eigenvalue weighted by Crippen LogP contribution is 2.31. The third kappa shape index (κ3) is 11.7. The lowest BCUT2D eigenvalue weighted by Crippen LogP contribution is -2.51. The van der Waals surface area contributed by atoms with Crippen molar-refractivity contribution in [2.45, 2.75) is 56.4 Å². The van der Waals surface area contributed by atoms with E-state index in [9.17, 15) is 45.8 Å². The molecule has 0 aliphatic heterocycles. The third-order valence-electron chi connectivity index (χ3n) is 6.51. The number of carbonyl (C=O) groups is 3. The van der Waals surface area contributed by atoms with Gasteiger partial charge in [0, 0.05) is 39.0 Å². The van der Waals surface area contributed by atoms with Crippen LogP contribution in [0.4, 0.5) is 26.3 Å². The fourth-order valence-corrected chi connectivity index (χ4v) is 4.18. The lowest BCUT2D eigenvalue weighted by atomic mass is 9.94. The second-order valence-electron chi connectivity index (χ2n) is 9.81. The maximum atomic E-state index is 13.2. The van der Waals surface area contributed by atoms with E-state index in [0.29, 0.717) is 17.7 Å². The van der Waals surface area contributed by atoms with E-state index in [1.165, 1.54) is 17.0 Å². The highest BCUT2D eigenvalue weighted by Gasteiger charge is 2.34. The molecular weight excluding hydrogens is 600 g/mol. The van der Waals surface area contributed by atoms with Gasteiger partial charge in [-0.2, -0.15) is 13.2 Å². The maximum Gasteiger partial charge on any atom is 0.573 e. The van der Waals surface area contributed by atoms with Crippen LogP contribution in [0.25, 0.3) is 0 Å². The molecule has 0 aliphatic carbocycles. The molecule has 0 saturated heterocycles. The summed E-state index contributed by atoms with van der Waals surface area (Å²) in [5.74, 6) is -2.47. The Morgan fingerprint density at radius 3 is 1.95 bits per heavy atom. The quantitative estimate of drug-likeness (QED) is 0.175. The number of aliphatic hydroxyl groups is 1. The Morgan fingerprint density at radius 2 is 1.45 bits per heavy atom. The van der Waals surface area contributed by atoms with Crippen LogP contribution in [0, 0.1) is 0 Å². The van der Waals surface area contributed by atoms with Crippen LogP contribution in [0.3, 0.4) is 0 Å². The number of hydrogen-bond acceptors (Lipinski definition) is 8. The second-order valence-corrected chi connectivity index (χ2v) is 9.81. The monoisotopic (exact) mass is 635 g/mol. The van der Waals surface area contributed by atoms with E-state index in [0.717, 1.165) is 24.3 Å². The number of aryl methyl sites for hydroxylation is 1. The molecule has 0 aromatic heterocycles. The first-order valence-electron chi connectivity index (χ1n) is 13.5. The lowest BCUT2D eigenvalue weighted by molar-refractivity contribution is -0.274. The molecule has 10 nitrogen and oxygen atoms in total. The van der Waals surface area contributed by atoms with E-state index in [4.69, 9.17) is 17.2 Å². The summed E-state index contributed by atoms with van der Waals surface area (Å²) in [5.41, 5.74) is 16.3. The average molecular weight is 636 g/mol. The van der Waals surface area contributed by atoms with Crippen molar-refractivity contribution in [1.82, 2.24) is 10.2 Å². The summed E-state index contributed by atoms with van der Waals surface area (Å²) in [6, 6.07) is 5.06. The SMILES string of the molecule is NCCN(CCN)C(=O)CC[C@H](N)C(=O)N[C@H](C(=O)CCc1ccc(OC(F)(F)F)cc1)[C@H](O)c1ccc(C(F)(F)F)cc1. The van der Waals surface area contributed by atoms with Crippen molar-refractivity contribution < 1.29 is 50.6 Å². The highest BCUT2D eigenvalue weighted by atomic mass is 19.4. The molecule has 3 atom stereocenters. The van der Waals surface area contributed by atoms with Gasteiger partial charge in [-0.1, -0.05) is 24.3 Å². The minimum Gasteiger partial charge on any atom is -0.406 e. The number of alkyl halides is 6. The van der Waals surface area contributed by atoms with E-state index in [1.807, 2.05) is 0 Å². The van der Waals surface area contributed by atoms with E-state index < -0.39 is 53.7 Å². The molecular formula is C28H35F6N5O5. The van der Waals surface area contributed by atoms with Gasteiger partial charge >= 0.3 is 12.5 Å². The molecule has 8 N–H and O–H groups in total. The van der Waals surface area contributed by atoms with Crippen LogP contribution in [0.5, 0.6) is 5.75 Å².